The smallest absolute Gasteiger partial charge is 0.307 e. The van der Waals surface area contributed by atoms with E-state index in [1.54, 1.807) is 7.11 Å². The first-order chi connectivity index (χ1) is 15.1. The van der Waals surface area contributed by atoms with Gasteiger partial charge in [-0.1, -0.05) is 43.3 Å². The molecule has 0 atom stereocenters. The second-order valence-electron chi connectivity index (χ2n) is 7.42. The summed E-state index contributed by atoms with van der Waals surface area (Å²) >= 11 is 0. The van der Waals surface area contributed by atoms with E-state index in [0.29, 0.717) is 18.1 Å². The zero-order valence-corrected chi connectivity index (χ0v) is 17.6. The van der Waals surface area contributed by atoms with Crippen LogP contribution in [0, 0.1) is 0 Å². The topological polar surface area (TPSA) is 71.5 Å². The summed E-state index contributed by atoms with van der Waals surface area (Å²) < 4.78 is 11.5. The Balaban J connectivity index is 1.72. The summed E-state index contributed by atoms with van der Waals surface area (Å²) in [5.74, 6) is 0.376. The molecule has 0 saturated heterocycles. The number of aliphatic carboxylic acids is 1. The van der Waals surface area contributed by atoms with Crippen molar-refractivity contribution in [3.8, 4) is 22.8 Å². The maximum Gasteiger partial charge on any atom is 0.307 e. The van der Waals surface area contributed by atoms with Crippen molar-refractivity contribution >= 4 is 16.9 Å². The lowest BCUT2D eigenvalue weighted by Gasteiger charge is -2.13. The molecule has 4 rings (SSSR count). The van der Waals surface area contributed by atoms with Crippen molar-refractivity contribution in [1.82, 2.24) is 4.98 Å². The van der Waals surface area contributed by atoms with Crippen molar-refractivity contribution < 1.29 is 19.4 Å². The molecule has 0 aliphatic carbocycles. The van der Waals surface area contributed by atoms with E-state index in [1.165, 1.54) is 5.56 Å². The molecule has 0 fully saturated rings. The quantitative estimate of drug-likeness (QED) is 0.392. The number of aryl methyl sites for hydroxylation is 1. The molecule has 0 aliphatic rings. The minimum atomic E-state index is -0.862. The number of carbonyl (C=O) groups is 1. The zero-order valence-electron chi connectivity index (χ0n) is 17.6. The standard InChI is InChI=1S/C26H25NO4/c1-3-17-9-11-22-20(13-17)21(15-25(28)29)26(27-22)19-10-12-23(24(14-19)30-2)31-16-18-7-5-4-6-8-18/h4-14,27H,3,15-16H2,1-2H3,(H,28,29). The highest BCUT2D eigenvalue weighted by molar-refractivity contribution is 5.94. The summed E-state index contributed by atoms with van der Waals surface area (Å²) in [6, 6.07) is 21.8. The lowest BCUT2D eigenvalue weighted by Crippen LogP contribution is -2.01. The van der Waals surface area contributed by atoms with E-state index in [0.717, 1.165) is 39.7 Å². The van der Waals surface area contributed by atoms with E-state index in [2.05, 4.69) is 24.0 Å². The van der Waals surface area contributed by atoms with Crippen molar-refractivity contribution in [2.75, 3.05) is 7.11 Å². The summed E-state index contributed by atoms with van der Waals surface area (Å²) in [7, 11) is 1.60. The Morgan fingerprint density at radius 1 is 0.968 bits per heavy atom. The number of benzene rings is 3. The first-order valence-corrected chi connectivity index (χ1v) is 10.3. The average molecular weight is 415 g/mol. The zero-order chi connectivity index (χ0) is 21.8. The third-order valence-electron chi connectivity index (χ3n) is 5.40. The number of fused-ring (bicyclic) bond motifs is 1. The van der Waals surface area contributed by atoms with Crippen LogP contribution in [0.4, 0.5) is 0 Å². The Morgan fingerprint density at radius 3 is 2.48 bits per heavy atom. The molecule has 158 valence electrons. The van der Waals surface area contributed by atoms with Crippen molar-refractivity contribution in [2.45, 2.75) is 26.4 Å². The highest BCUT2D eigenvalue weighted by Gasteiger charge is 2.18. The Bertz CT molecular complexity index is 1210. The maximum atomic E-state index is 11.6. The van der Waals surface area contributed by atoms with E-state index in [9.17, 15) is 9.90 Å². The molecule has 0 spiro atoms. The van der Waals surface area contributed by atoms with Gasteiger partial charge >= 0.3 is 5.97 Å². The first kappa shape index (κ1) is 20.5. The van der Waals surface area contributed by atoms with E-state index in [-0.39, 0.29) is 6.42 Å². The normalized spacial score (nSPS) is 10.9. The van der Waals surface area contributed by atoms with Gasteiger partial charge in [0.15, 0.2) is 11.5 Å². The van der Waals surface area contributed by atoms with Crippen molar-refractivity contribution in [3.05, 3.63) is 83.4 Å². The number of H-pyrrole nitrogens is 1. The number of rotatable bonds is 8. The van der Waals surface area contributed by atoms with E-state index in [4.69, 9.17) is 9.47 Å². The van der Waals surface area contributed by atoms with Crippen LogP contribution in [0.2, 0.25) is 0 Å². The van der Waals surface area contributed by atoms with Gasteiger partial charge in [-0.25, -0.2) is 0 Å². The number of carboxylic acids is 1. The minimum Gasteiger partial charge on any atom is -0.493 e. The molecular weight excluding hydrogens is 390 g/mol. The van der Waals surface area contributed by atoms with Gasteiger partial charge in [-0.3, -0.25) is 4.79 Å². The summed E-state index contributed by atoms with van der Waals surface area (Å²) in [6.45, 7) is 2.53. The van der Waals surface area contributed by atoms with Crippen LogP contribution in [0.25, 0.3) is 22.2 Å². The Kier molecular flexibility index (Phi) is 5.94. The molecule has 1 aromatic heterocycles. The van der Waals surface area contributed by atoms with E-state index < -0.39 is 5.97 Å². The molecule has 4 aromatic rings. The molecule has 0 radical (unpaired) electrons. The molecule has 0 saturated carbocycles. The highest BCUT2D eigenvalue weighted by Crippen LogP contribution is 2.37. The van der Waals surface area contributed by atoms with Crippen molar-refractivity contribution in [1.29, 1.82) is 0 Å². The van der Waals surface area contributed by atoms with Gasteiger partial charge in [0.2, 0.25) is 0 Å². The number of methoxy groups -OCH3 is 1. The van der Waals surface area contributed by atoms with Crippen LogP contribution >= 0.6 is 0 Å². The predicted molar refractivity (Wildman–Crippen MR) is 122 cm³/mol. The van der Waals surface area contributed by atoms with Crippen LogP contribution in [-0.4, -0.2) is 23.2 Å². The molecule has 0 bridgehead atoms. The van der Waals surface area contributed by atoms with Gasteiger partial charge in [0, 0.05) is 16.5 Å². The fraction of sp³-hybridized carbons (Fsp3) is 0.192. The average Bonchev–Trinajstić information content (AvgIpc) is 3.15. The lowest BCUT2D eigenvalue weighted by molar-refractivity contribution is -0.136. The predicted octanol–water partition coefficient (Wildman–Crippen LogP) is 5.61. The molecule has 0 amide bonds. The van der Waals surface area contributed by atoms with Crippen LogP contribution in [0.3, 0.4) is 0 Å². The number of aromatic amines is 1. The Labute approximate surface area is 181 Å². The molecule has 31 heavy (non-hydrogen) atoms. The lowest BCUT2D eigenvalue weighted by atomic mass is 10.0. The largest absolute Gasteiger partial charge is 0.493 e. The summed E-state index contributed by atoms with van der Waals surface area (Å²) in [4.78, 5) is 15.0. The minimum absolute atomic E-state index is 0.0585. The van der Waals surface area contributed by atoms with Crippen LogP contribution in [-0.2, 0) is 24.2 Å². The molecule has 1 heterocycles. The summed E-state index contributed by atoms with van der Waals surface area (Å²) in [5, 5.41) is 10.5. The fourth-order valence-electron chi connectivity index (χ4n) is 3.77. The van der Waals surface area contributed by atoms with E-state index >= 15 is 0 Å². The van der Waals surface area contributed by atoms with Gasteiger partial charge in [-0.2, -0.15) is 0 Å². The monoisotopic (exact) mass is 415 g/mol. The molecular formula is C26H25NO4. The molecule has 2 N–H and O–H groups in total. The van der Waals surface area contributed by atoms with E-state index in [1.807, 2.05) is 54.6 Å². The van der Waals surface area contributed by atoms with Crippen LogP contribution in [0.5, 0.6) is 11.5 Å². The summed E-state index contributed by atoms with van der Waals surface area (Å²) in [6.07, 6.45) is 0.835. The van der Waals surface area contributed by atoms with Crippen molar-refractivity contribution in [2.24, 2.45) is 0 Å². The number of aromatic nitrogens is 1. The molecule has 0 unspecified atom stereocenters. The Morgan fingerprint density at radius 2 is 1.77 bits per heavy atom. The first-order valence-electron chi connectivity index (χ1n) is 10.3. The maximum absolute atomic E-state index is 11.6. The molecule has 3 aromatic carbocycles. The second kappa shape index (κ2) is 8.96. The van der Waals surface area contributed by atoms with Crippen LogP contribution in [0.15, 0.2) is 66.7 Å². The van der Waals surface area contributed by atoms with Gasteiger partial charge in [-0.15, -0.1) is 0 Å². The molecule has 0 aliphatic heterocycles. The number of hydrogen-bond donors (Lipinski definition) is 2. The molecule has 5 nitrogen and oxygen atoms in total. The highest BCUT2D eigenvalue weighted by atomic mass is 16.5. The van der Waals surface area contributed by atoms with Gasteiger partial charge in [-0.05, 0) is 53.4 Å². The third kappa shape index (κ3) is 4.40. The number of hydrogen-bond acceptors (Lipinski definition) is 3. The van der Waals surface area contributed by atoms with Crippen molar-refractivity contribution in [3.63, 3.8) is 0 Å². The fourth-order valence-corrected chi connectivity index (χ4v) is 3.77. The van der Waals surface area contributed by atoms with Gasteiger partial charge in [0.1, 0.15) is 6.61 Å². The van der Waals surface area contributed by atoms with Gasteiger partial charge < -0.3 is 19.6 Å². The molecule has 5 heteroatoms. The van der Waals surface area contributed by atoms with Gasteiger partial charge in [0.05, 0.1) is 19.2 Å². The summed E-state index contributed by atoms with van der Waals surface area (Å²) in [5.41, 5.74) is 5.59. The van der Waals surface area contributed by atoms with Crippen LogP contribution in [0.1, 0.15) is 23.6 Å². The SMILES string of the molecule is CCc1ccc2[nH]c(-c3ccc(OCc4ccccc4)c(OC)c3)c(CC(=O)O)c2c1. The van der Waals surface area contributed by atoms with Gasteiger partial charge in [0.25, 0.3) is 0 Å². The number of carboxylic acid groups (broad SMARTS) is 1. The number of ether oxygens (including phenoxy) is 2. The third-order valence-corrected chi connectivity index (χ3v) is 5.40. The van der Waals surface area contributed by atoms with Crippen LogP contribution < -0.4 is 9.47 Å². The Hall–Kier alpha value is -3.73. The second-order valence-corrected chi connectivity index (χ2v) is 7.42. The number of nitrogens with one attached hydrogen (secondary N) is 1.